The average Bonchev–Trinajstić information content (AvgIpc) is 2.62. The molecule has 3 atom stereocenters. The number of carbonyl (C=O) groups excluding carboxylic acids is 1. The molecule has 3 rings (SSSR count). The third-order valence-corrected chi connectivity index (χ3v) is 5.27. The van der Waals surface area contributed by atoms with Crippen molar-refractivity contribution in [2.24, 2.45) is 5.92 Å². The van der Waals surface area contributed by atoms with E-state index in [2.05, 4.69) is 24.1 Å². The van der Waals surface area contributed by atoms with Crippen molar-refractivity contribution < 1.29 is 18.7 Å². The quantitative estimate of drug-likeness (QED) is 0.827. The van der Waals surface area contributed by atoms with E-state index in [0.717, 1.165) is 19.3 Å². The molecule has 27 heavy (non-hydrogen) atoms. The zero-order chi connectivity index (χ0) is 19.2. The molecule has 0 saturated carbocycles. The van der Waals surface area contributed by atoms with Gasteiger partial charge in [-0.1, -0.05) is 26.0 Å². The summed E-state index contributed by atoms with van der Waals surface area (Å²) >= 11 is 0. The van der Waals surface area contributed by atoms with Gasteiger partial charge in [0.15, 0.2) is 0 Å². The summed E-state index contributed by atoms with van der Waals surface area (Å²) in [7, 11) is 0. The van der Waals surface area contributed by atoms with E-state index < -0.39 is 6.04 Å². The molecule has 1 aromatic rings. The number of hydrogen-bond donors (Lipinski definition) is 1. The Morgan fingerprint density at radius 3 is 2.78 bits per heavy atom. The lowest BCUT2D eigenvalue weighted by Crippen LogP contribution is -2.50. The maximum absolute atomic E-state index is 13.8. The van der Waals surface area contributed by atoms with E-state index in [0.29, 0.717) is 44.4 Å². The fraction of sp³-hybridized carbons (Fsp3) is 0.667. The molecule has 0 aromatic heterocycles. The second-order valence-electron chi connectivity index (χ2n) is 7.96. The molecule has 2 aliphatic heterocycles. The first-order chi connectivity index (χ1) is 13.0. The van der Waals surface area contributed by atoms with Crippen LogP contribution in [0, 0.1) is 11.7 Å². The molecule has 3 unspecified atom stereocenters. The van der Waals surface area contributed by atoms with Crippen LogP contribution < -0.4 is 5.32 Å². The van der Waals surface area contributed by atoms with Crippen LogP contribution in [0.15, 0.2) is 24.3 Å². The predicted molar refractivity (Wildman–Crippen MR) is 102 cm³/mol. The van der Waals surface area contributed by atoms with Gasteiger partial charge < -0.3 is 14.8 Å². The molecular formula is C21H31FN2O3. The van der Waals surface area contributed by atoms with Crippen molar-refractivity contribution in [2.75, 3.05) is 32.9 Å². The molecular weight excluding hydrogens is 347 g/mol. The highest BCUT2D eigenvalue weighted by molar-refractivity contribution is 5.83. The Hall–Kier alpha value is -1.50. The first-order valence-corrected chi connectivity index (χ1v) is 10.0. The largest absolute Gasteiger partial charge is 0.379 e. The second kappa shape index (κ2) is 9.62. The van der Waals surface area contributed by atoms with Crippen molar-refractivity contribution in [2.45, 2.75) is 51.3 Å². The average molecular weight is 378 g/mol. The maximum atomic E-state index is 13.8. The SMILES string of the molecule is CC(C)CC1CC(NC(=O)C(c2cccc(F)c2)N2CCOCC2)CCO1. The zero-order valence-corrected chi connectivity index (χ0v) is 16.3. The fourth-order valence-corrected chi connectivity index (χ4v) is 4.02. The first-order valence-electron chi connectivity index (χ1n) is 10.0. The summed E-state index contributed by atoms with van der Waals surface area (Å²) in [5, 5.41) is 3.21. The molecule has 2 fully saturated rings. The van der Waals surface area contributed by atoms with Gasteiger partial charge in [0, 0.05) is 25.7 Å². The molecule has 2 saturated heterocycles. The summed E-state index contributed by atoms with van der Waals surface area (Å²) in [5.74, 6) is 0.192. The maximum Gasteiger partial charge on any atom is 0.242 e. The molecule has 150 valence electrons. The highest BCUT2D eigenvalue weighted by Crippen LogP contribution is 2.25. The first kappa shape index (κ1) is 20.2. The van der Waals surface area contributed by atoms with Crippen molar-refractivity contribution in [3.05, 3.63) is 35.6 Å². The lowest BCUT2D eigenvalue weighted by atomic mass is 9.95. The molecule has 0 aliphatic carbocycles. The van der Waals surface area contributed by atoms with Crippen LogP contribution in [0.25, 0.3) is 0 Å². The molecule has 0 radical (unpaired) electrons. The van der Waals surface area contributed by atoms with Gasteiger partial charge >= 0.3 is 0 Å². The number of amides is 1. The van der Waals surface area contributed by atoms with Gasteiger partial charge in [0.2, 0.25) is 5.91 Å². The zero-order valence-electron chi connectivity index (χ0n) is 16.3. The van der Waals surface area contributed by atoms with Gasteiger partial charge in [-0.05, 0) is 42.9 Å². The molecule has 1 aromatic carbocycles. The van der Waals surface area contributed by atoms with E-state index >= 15 is 0 Å². The number of nitrogens with zero attached hydrogens (tertiary/aromatic N) is 1. The van der Waals surface area contributed by atoms with Crippen LogP contribution in [-0.4, -0.2) is 55.9 Å². The van der Waals surface area contributed by atoms with E-state index in [1.807, 2.05) is 6.07 Å². The van der Waals surface area contributed by atoms with Gasteiger partial charge in [-0.3, -0.25) is 9.69 Å². The van der Waals surface area contributed by atoms with E-state index in [4.69, 9.17) is 9.47 Å². The molecule has 0 bridgehead atoms. The summed E-state index contributed by atoms with van der Waals surface area (Å²) in [6.45, 7) is 7.55. The van der Waals surface area contributed by atoms with Crippen molar-refractivity contribution in [1.29, 1.82) is 0 Å². The number of halogens is 1. The summed E-state index contributed by atoms with van der Waals surface area (Å²) < 4.78 is 25.1. The topological polar surface area (TPSA) is 50.8 Å². The number of hydrogen-bond acceptors (Lipinski definition) is 4. The van der Waals surface area contributed by atoms with Crippen LogP contribution in [0.1, 0.15) is 44.7 Å². The van der Waals surface area contributed by atoms with Gasteiger partial charge in [0.1, 0.15) is 11.9 Å². The number of benzene rings is 1. The number of nitrogens with one attached hydrogen (secondary N) is 1. The Morgan fingerprint density at radius 1 is 1.30 bits per heavy atom. The lowest BCUT2D eigenvalue weighted by molar-refractivity contribution is -0.130. The summed E-state index contributed by atoms with van der Waals surface area (Å²) in [5.41, 5.74) is 0.695. The minimum Gasteiger partial charge on any atom is -0.379 e. The third kappa shape index (κ3) is 5.74. The number of rotatable bonds is 6. The Labute approximate surface area is 161 Å². The van der Waals surface area contributed by atoms with Crippen LogP contribution in [0.2, 0.25) is 0 Å². The monoisotopic (exact) mass is 378 g/mol. The third-order valence-electron chi connectivity index (χ3n) is 5.27. The highest BCUT2D eigenvalue weighted by atomic mass is 19.1. The van der Waals surface area contributed by atoms with Gasteiger partial charge in [0.05, 0.1) is 19.3 Å². The normalized spacial score (nSPS) is 25.3. The van der Waals surface area contributed by atoms with Crippen LogP contribution in [-0.2, 0) is 14.3 Å². The van der Waals surface area contributed by atoms with Crippen LogP contribution in [0.3, 0.4) is 0 Å². The number of ether oxygens (including phenoxy) is 2. The Morgan fingerprint density at radius 2 is 2.07 bits per heavy atom. The Balaban J connectivity index is 1.70. The van der Waals surface area contributed by atoms with E-state index in [9.17, 15) is 9.18 Å². The number of morpholine rings is 1. The van der Waals surface area contributed by atoms with Gasteiger partial charge in [-0.2, -0.15) is 0 Å². The van der Waals surface area contributed by atoms with E-state index in [1.165, 1.54) is 12.1 Å². The van der Waals surface area contributed by atoms with Crippen molar-refractivity contribution in [1.82, 2.24) is 10.2 Å². The minimum atomic E-state index is -0.490. The summed E-state index contributed by atoms with van der Waals surface area (Å²) in [4.78, 5) is 15.3. The van der Waals surface area contributed by atoms with Crippen molar-refractivity contribution >= 4 is 5.91 Å². The predicted octanol–water partition coefficient (Wildman–Crippen LogP) is 2.91. The molecule has 2 aliphatic rings. The van der Waals surface area contributed by atoms with Crippen molar-refractivity contribution in [3.63, 3.8) is 0 Å². The standard InChI is InChI=1S/C21H31FN2O3/c1-15(2)12-19-14-18(6-9-27-19)23-21(25)20(24-7-10-26-11-8-24)16-4-3-5-17(22)13-16/h3-5,13,15,18-20H,6-12,14H2,1-2H3,(H,23,25). The molecule has 0 spiro atoms. The van der Waals surface area contributed by atoms with Gasteiger partial charge in [0.25, 0.3) is 0 Å². The Kier molecular flexibility index (Phi) is 7.21. The van der Waals surface area contributed by atoms with Crippen LogP contribution >= 0.6 is 0 Å². The van der Waals surface area contributed by atoms with Gasteiger partial charge in [-0.25, -0.2) is 4.39 Å². The number of carbonyl (C=O) groups is 1. The van der Waals surface area contributed by atoms with Crippen LogP contribution in [0.4, 0.5) is 4.39 Å². The van der Waals surface area contributed by atoms with E-state index in [1.54, 1.807) is 6.07 Å². The molecule has 1 N–H and O–H groups in total. The van der Waals surface area contributed by atoms with E-state index in [-0.39, 0.29) is 23.9 Å². The summed E-state index contributed by atoms with van der Waals surface area (Å²) in [6, 6.07) is 5.98. The molecule has 1 amide bonds. The van der Waals surface area contributed by atoms with Crippen molar-refractivity contribution in [3.8, 4) is 0 Å². The van der Waals surface area contributed by atoms with Gasteiger partial charge in [-0.15, -0.1) is 0 Å². The smallest absolute Gasteiger partial charge is 0.242 e. The summed E-state index contributed by atoms with van der Waals surface area (Å²) in [6.07, 6.45) is 2.85. The lowest BCUT2D eigenvalue weighted by Gasteiger charge is -2.36. The minimum absolute atomic E-state index is 0.0577. The highest BCUT2D eigenvalue weighted by Gasteiger charge is 2.32. The molecule has 5 nitrogen and oxygen atoms in total. The van der Waals surface area contributed by atoms with Crippen LogP contribution in [0.5, 0.6) is 0 Å². The molecule has 6 heteroatoms. The fourth-order valence-electron chi connectivity index (χ4n) is 4.02. The Bertz CT molecular complexity index is 619. The second-order valence-corrected chi connectivity index (χ2v) is 7.96. The molecule has 2 heterocycles.